The van der Waals surface area contributed by atoms with E-state index in [1.165, 1.54) is 49.2 Å². The summed E-state index contributed by atoms with van der Waals surface area (Å²) < 4.78 is 130. The first-order valence-electron chi connectivity index (χ1n) is 25.9. The third-order valence-corrected chi connectivity index (χ3v) is 14.1. The standard InChI is InChI=1S/C55H74F6O11/c1-5-6-7-8-9-10-11-12-13-20-31-45(71-50(64)52(66-3,54(56,57)58)40-24-16-14-17-25-40)47-33-34-48(70-47)46(72-51(65)53(67-4,55(59,60)61)41-26-18-15-19-27-41)32-22-21-28-42(62)37-44-30-23-29-43(69-44)36-39-35-38(2)68-49(39)63/h14-19,24-27,35,38,43-48H,5-13,20-23,28-34,36-37H2,1-4H3/t38-,43+,44-,45+,46+,47+,48+,52-,53-/m0/s1. The molecule has 0 saturated carbocycles. The predicted octanol–water partition coefficient (Wildman–Crippen LogP) is 12.6. The van der Waals surface area contributed by atoms with Gasteiger partial charge in [0, 0.05) is 50.2 Å². The van der Waals surface area contributed by atoms with Crippen molar-refractivity contribution in [1.82, 2.24) is 0 Å². The summed E-state index contributed by atoms with van der Waals surface area (Å²) in [4.78, 5) is 53.6. The molecule has 72 heavy (non-hydrogen) atoms. The van der Waals surface area contributed by atoms with Crippen LogP contribution in [-0.2, 0) is 63.5 Å². The second kappa shape index (κ2) is 27.8. The SMILES string of the molecule is CCCCCCCCCCCC[C@@H](OC(=O)[C@@](OC)(c1ccccc1)C(F)(F)F)[C@H]1CC[C@H]([C@@H](CCCCC(=O)C[C@@H]2CCC[C@H](CC3=C[C@H](C)OC3=O)O2)OC(=O)[C@@](OC)(c2ccccc2)C(F)(F)F)O1. The lowest BCUT2D eigenvalue weighted by Gasteiger charge is -2.36. The van der Waals surface area contributed by atoms with E-state index in [9.17, 15) is 19.2 Å². The van der Waals surface area contributed by atoms with Gasteiger partial charge in [-0.05, 0) is 77.2 Å². The predicted molar refractivity (Wildman–Crippen MR) is 255 cm³/mol. The molecule has 2 aromatic carbocycles. The summed E-state index contributed by atoms with van der Waals surface area (Å²) in [6.07, 6.45) is -1.01. The number of carbonyl (C=O) groups is 4. The maximum atomic E-state index is 15.1. The zero-order chi connectivity index (χ0) is 52.4. The summed E-state index contributed by atoms with van der Waals surface area (Å²) in [6, 6.07) is 12.8. The fraction of sp³-hybridized carbons (Fsp3) is 0.673. The fourth-order valence-electron chi connectivity index (χ4n) is 10.3. The van der Waals surface area contributed by atoms with Gasteiger partial charge in [-0.15, -0.1) is 0 Å². The Morgan fingerprint density at radius 2 is 1.08 bits per heavy atom. The third-order valence-electron chi connectivity index (χ3n) is 14.1. The van der Waals surface area contributed by atoms with E-state index in [1.54, 1.807) is 13.0 Å². The molecule has 0 N–H and O–H groups in total. The zero-order valence-corrected chi connectivity index (χ0v) is 42.2. The number of halogens is 6. The highest BCUT2D eigenvalue weighted by Crippen LogP contribution is 2.46. The van der Waals surface area contributed by atoms with Crippen LogP contribution in [0.4, 0.5) is 26.3 Å². The number of esters is 3. The molecule has 0 aromatic heterocycles. The van der Waals surface area contributed by atoms with Crippen LogP contribution in [0.25, 0.3) is 0 Å². The Labute approximate surface area is 420 Å². The molecule has 9 atom stereocenters. The van der Waals surface area contributed by atoms with Gasteiger partial charge in [0.2, 0.25) is 0 Å². The summed E-state index contributed by atoms with van der Waals surface area (Å²) in [6.45, 7) is 3.93. The van der Waals surface area contributed by atoms with Gasteiger partial charge in [0.25, 0.3) is 11.2 Å². The first-order valence-corrected chi connectivity index (χ1v) is 25.9. The van der Waals surface area contributed by atoms with Gasteiger partial charge in [-0.25, -0.2) is 14.4 Å². The van der Waals surface area contributed by atoms with E-state index >= 15 is 26.3 Å². The van der Waals surface area contributed by atoms with Gasteiger partial charge >= 0.3 is 30.3 Å². The van der Waals surface area contributed by atoms with Crippen LogP contribution < -0.4 is 0 Å². The lowest BCUT2D eigenvalue weighted by atomic mass is 9.92. The van der Waals surface area contributed by atoms with Crippen LogP contribution in [0, 0.1) is 0 Å². The van der Waals surface area contributed by atoms with Crippen LogP contribution in [0.15, 0.2) is 72.3 Å². The van der Waals surface area contributed by atoms with E-state index < -0.39 is 71.0 Å². The molecule has 0 aliphatic carbocycles. The fourth-order valence-corrected chi connectivity index (χ4v) is 10.3. The molecule has 3 aliphatic rings. The largest absolute Gasteiger partial charge is 0.457 e. The number of unbranched alkanes of at least 4 members (excludes halogenated alkanes) is 10. The minimum absolute atomic E-state index is 0.0494. The Hall–Kier alpha value is -4.32. The number of alkyl halides is 6. The topological polar surface area (TPSA) is 133 Å². The van der Waals surface area contributed by atoms with Crippen LogP contribution in [0.2, 0.25) is 0 Å². The molecule has 2 aromatic rings. The normalized spacial score (nSPS) is 23.1. The van der Waals surface area contributed by atoms with Crippen molar-refractivity contribution in [1.29, 1.82) is 0 Å². The Morgan fingerprint density at radius 1 is 0.625 bits per heavy atom. The number of benzene rings is 2. The second-order valence-electron chi connectivity index (χ2n) is 19.5. The molecular weight excluding hydrogens is 951 g/mol. The van der Waals surface area contributed by atoms with Crippen LogP contribution in [0.3, 0.4) is 0 Å². The number of hydrogen-bond donors (Lipinski definition) is 0. The van der Waals surface area contributed by atoms with E-state index in [4.69, 9.17) is 33.2 Å². The summed E-state index contributed by atoms with van der Waals surface area (Å²) in [5, 5.41) is 0. The molecule has 0 spiro atoms. The third kappa shape index (κ3) is 15.4. The average Bonchev–Trinajstić information content (AvgIpc) is 3.96. The van der Waals surface area contributed by atoms with Gasteiger partial charge in [-0.2, -0.15) is 26.3 Å². The van der Waals surface area contributed by atoms with E-state index in [-0.39, 0.29) is 81.4 Å². The van der Waals surface area contributed by atoms with Crippen molar-refractivity contribution in [3.63, 3.8) is 0 Å². The number of ether oxygens (including phenoxy) is 7. The van der Waals surface area contributed by atoms with Crippen LogP contribution in [0.1, 0.15) is 166 Å². The van der Waals surface area contributed by atoms with E-state index in [1.807, 2.05) is 0 Å². The van der Waals surface area contributed by atoms with Crippen molar-refractivity contribution in [2.75, 3.05) is 14.2 Å². The number of cyclic esters (lactones) is 1. The number of Topliss-reactive ketones (excluding diaryl/α,β-unsaturated/α-hetero) is 1. The van der Waals surface area contributed by atoms with Crippen molar-refractivity contribution < 1.29 is 78.7 Å². The van der Waals surface area contributed by atoms with Crippen LogP contribution in [-0.4, -0.2) is 93.0 Å². The molecule has 3 heterocycles. The molecule has 2 fully saturated rings. The monoisotopic (exact) mass is 1020 g/mol. The molecule has 2 saturated heterocycles. The van der Waals surface area contributed by atoms with Gasteiger partial charge < -0.3 is 33.2 Å². The Bertz CT molecular complexity index is 2030. The smallest absolute Gasteiger partial charge is 0.432 e. The Balaban J connectivity index is 1.32. The number of methoxy groups -OCH3 is 2. The Morgan fingerprint density at radius 3 is 1.53 bits per heavy atom. The van der Waals surface area contributed by atoms with E-state index in [0.29, 0.717) is 31.3 Å². The highest BCUT2D eigenvalue weighted by Gasteiger charge is 2.66. The van der Waals surface area contributed by atoms with Crippen LogP contribution >= 0.6 is 0 Å². The highest BCUT2D eigenvalue weighted by molar-refractivity contribution is 5.91. The molecule has 0 bridgehead atoms. The molecule has 17 heteroatoms. The highest BCUT2D eigenvalue weighted by atomic mass is 19.4. The van der Waals surface area contributed by atoms with Crippen molar-refractivity contribution in [3.8, 4) is 0 Å². The van der Waals surface area contributed by atoms with Crippen molar-refractivity contribution >= 4 is 23.7 Å². The summed E-state index contributed by atoms with van der Waals surface area (Å²) >= 11 is 0. The van der Waals surface area contributed by atoms with Gasteiger partial charge in [-0.3, -0.25) is 4.79 Å². The summed E-state index contributed by atoms with van der Waals surface area (Å²) in [5.41, 5.74) is -7.47. The van der Waals surface area contributed by atoms with Gasteiger partial charge in [0.05, 0.1) is 24.4 Å². The lowest BCUT2D eigenvalue weighted by Crippen LogP contribution is -2.53. The minimum atomic E-state index is -5.29. The van der Waals surface area contributed by atoms with Gasteiger partial charge in [-0.1, -0.05) is 125 Å². The minimum Gasteiger partial charge on any atom is -0.457 e. The van der Waals surface area contributed by atoms with Gasteiger partial charge in [0.1, 0.15) is 24.1 Å². The zero-order valence-electron chi connectivity index (χ0n) is 42.2. The molecule has 0 unspecified atom stereocenters. The number of rotatable bonds is 30. The van der Waals surface area contributed by atoms with Crippen molar-refractivity contribution in [2.45, 2.75) is 221 Å². The maximum absolute atomic E-state index is 15.1. The molecule has 0 amide bonds. The molecule has 11 nitrogen and oxygen atoms in total. The first kappa shape index (κ1) is 58.6. The van der Waals surface area contributed by atoms with E-state index in [2.05, 4.69) is 6.92 Å². The molecular formula is C55H74F6O11. The molecule has 3 aliphatic heterocycles. The van der Waals surface area contributed by atoms with Gasteiger partial charge in [0.15, 0.2) is 0 Å². The summed E-state index contributed by atoms with van der Waals surface area (Å²) in [7, 11) is 1.53. The van der Waals surface area contributed by atoms with E-state index in [0.717, 1.165) is 89.9 Å². The Kier molecular flexibility index (Phi) is 22.6. The quantitative estimate of drug-likeness (QED) is 0.0320. The molecule has 5 rings (SSSR count). The number of hydrogen-bond acceptors (Lipinski definition) is 11. The number of carbonyl (C=O) groups excluding carboxylic acids is 4. The van der Waals surface area contributed by atoms with Crippen molar-refractivity contribution in [2.24, 2.45) is 0 Å². The lowest BCUT2D eigenvalue weighted by molar-refractivity contribution is -0.280. The summed E-state index contributed by atoms with van der Waals surface area (Å²) in [5.74, 6) is -3.91. The first-order chi connectivity index (χ1) is 34.4. The number of ketones is 1. The average molecular weight is 1030 g/mol. The second-order valence-corrected chi connectivity index (χ2v) is 19.5. The van der Waals surface area contributed by atoms with Crippen molar-refractivity contribution in [3.05, 3.63) is 83.4 Å². The molecule has 402 valence electrons. The molecule has 0 radical (unpaired) electrons. The maximum Gasteiger partial charge on any atom is 0.432 e. The van der Waals surface area contributed by atoms with Crippen LogP contribution in [0.5, 0.6) is 0 Å².